The molecular formula is C14H14ClN3O3. The van der Waals surface area contributed by atoms with Crippen LogP contribution in [0.3, 0.4) is 0 Å². The summed E-state index contributed by atoms with van der Waals surface area (Å²) < 4.78 is 0. The number of carbonyl (C=O) groups excluding carboxylic acids is 1. The van der Waals surface area contributed by atoms with Gasteiger partial charge in [-0.1, -0.05) is 18.5 Å². The molecule has 0 radical (unpaired) electrons. The number of hydrogen-bond donors (Lipinski definition) is 2. The van der Waals surface area contributed by atoms with Crippen molar-refractivity contribution >= 4 is 29.3 Å². The lowest BCUT2D eigenvalue weighted by molar-refractivity contribution is -0.142. The van der Waals surface area contributed by atoms with Crippen molar-refractivity contribution in [3.63, 3.8) is 0 Å². The number of carboxylic acids is 1. The Hall–Kier alpha value is -2.26. The average Bonchev–Trinajstić information content (AvgIpc) is 2.81. The number of halogens is 1. The van der Waals surface area contributed by atoms with Gasteiger partial charge in [0.05, 0.1) is 17.2 Å². The number of benzene rings is 1. The van der Waals surface area contributed by atoms with Crippen LogP contribution in [0.4, 0.5) is 10.5 Å². The van der Waals surface area contributed by atoms with Crippen molar-refractivity contribution in [2.75, 3.05) is 18.4 Å². The molecule has 0 bridgehead atoms. The van der Waals surface area contributed by atoms with E-state index in [2.05, 4.69) is 5.32 Å². The van der Waals surface area contributed by atoms with Gasteiger partial charge in [-0.05, 0) is 24.1 Å². The third-order valence-electron chi connectivity index (χ3n) is 3.56. The summed E-state index contributed by atoms with van der Waals surface area (Å²) in [4.78, 5) is 24.7. The molecule has 1 aromatic rings. The molecule has 0 aromatic heterocycles. The molecule has 7 heteroatoms. The van der Waals surface area contributed by atoms with Crippen molar-refractivity contribution in [3.05, 3.63) is 28.8 Å². The molecule has 0 unspecified atom stereocenters. The maximum atomic E-state index is 12.2. The van der Waals surface area contributed by atoms with Crippen LogP contribution in [0.5, 0.6) is 0 Å². The van der Waals surface area contributed by atoms with Crippen LogP contribution in [0, 0.1) is 23.2 Å². The number of aliphatic carboxylic acids is 1. The summed E-state index contributed by atoms with van der Waals surface area (Å²) in [6.45, 7) is 2.32. The maximum absolute atomic E-state index is 12.2. The SMILES string of the molecule is C[C@@H]1CN(C(=O)Nc2cc(Cl)ccc2C#N)C[C@H]1C(=O)O. The quantitative estimate of drug-likeness (QED) is 0.877. The first-order valence-electron chi connectivity index (χ1n) is 6.40. The Bertz CT molecular complexity index is 626. The molecule has 2 rings (SSSR count). The Morgan fingerprint density at radius 2 is 2.19 bits per heavy atom. The number of carbonyl (C=O) groups is 2. The highest BCUT2D eigenvalue weighted by atomic mass is 35.5. The average molecular weight is 308 g/mol. The number of nitrogens with zero attached hydrogens (tertiary/aromatic N) is 2. The van der Waals surface area contributed by atoms with Crippen molar-refractivity contribution in [2.24, 2.45) is 11.8 Å². The monoisotopic (exact) mass is 307 g/mol. The number of nitriles is 1. The van der Waals surface area contributed by atoms with Gasteiger partial charge in [0.2, 0.25) is 0 Å². The largest absolute Gasteiger partial charge is 0.481 e. The number of hydrogen-bond acceptors (Lipinski definition) is 3. The Kier molecular flexibility index (Phi) is 4.34. The van der Waals surface area contributed by atoms with Gasteiger partial charge in [0, 0.05) is 18.1 Å². The second kappa shape index (κ2) is 6.02. The van der Waals surface area contributed by atoms with Crippen molar-refractivity contribution in [1.29, 1.82) is 5.26 Å². The molecule has 0 saturated carbocycles. The van der Waals surface area contributed by atoms with Crippen LogP contribution in [0.1, 0.15) is 12.5 Å². The van der Waals surface area contributed by atoms with E-state index in [4.69, 9.17) is 22.0 Å². The molecule has 110 valence electrons. The molecule has 21 heavy (non-hydrogen) atoms. The lowest BCUT2D eigenvalue weighted by Crippen LogP contribution is -2.34. The number of likely N-dealkylation sites (tertiary alicyclic amines) is 1. The van der Waals surface area contributed by atoms with E-state index in [1.807, 2.05) is 6.07 Å². The number of anilines is 1. The first kappa shape index (κ1) is 15.1. The Morgan fingerprint density at radius 1 is 1.48 bits per heavy atom. The maximum Gasteiger partial charge on any atom is 0.321 e. The molecule has 2 amide bonds. The highest BCUT2D eigenvalue weighted by molar-refractivity contribution is 6.31. The molecule has 1 saturated heterocycles. The summed E-state index contributed by atoms with van der Waals surface area (Å²) in [5, 5.41) is 21.1. The molecule has 2 atom stereocenters. The second-order valence-electron chi connectivity index (χ2n) is 5.06. The van der Waals surface area contributed by atoms with Crippen LogP contribution in [-0.2, 0) is 4.79 Å². The zero-order valence-electron chi connectivity index (χ0n) is 11.3. The highest BCUT2D eigenvalue weighted by Gasteiger charge is 2.37. The lowest BCUT2D eigenvalue weighted by Gasteiger charge is -2.17. The molecule has 1 heterocycles. The zero-order valence-corrected chi connectivity index (χ0v) is 12.1. The van der Waals surface area contributed by atoms with E-state index < -0.39 is 17.9 Å². The van der Waals surface area contributed by atoms with Crippen LogP contribution in [0.25, 0.3) is 0 Å². The zero-order chi connectivity index (χ0) is 15.6. The van der Waals surface area contributed by atoms with Gasteiger partial charge < -0.3 is 15.3 Å². The molecule has 2 N–H and O–H groups in total. The van der Waals surface area contributed by atoms with Crippen LogP contribution < -0.4 is 5.32 Å². The van der Waals surface area contributed by atoms with Gasteiger partial charge in [-0.25, -0.2) is 4.79 Å². The summed E-state index contributed by atoms with van der Waals surface area (Å²) in [5.74, 6) is -1.58. The number of amides is 2. The molecule has 1 aliphatic rings. The molecule has 0 aliphatic carbocycles. The van der Waals surface area contributed by atoms with Gasteiger partial charge >= 0.3 is 12.0 Å². The van der Waals surface area contributed by atoms with Gasteiger partial charge in [0.1, 0.15) is 6.07 Å². The van der Waals surface area contributed by atoms with Gasteiger partial charge in [-0.3, -0.25) is 4.79 Å². The summed E-state index contributed by atoms with van der Waals surface area (Å²) in [7, 11) is 0. The minimum Gasteiger partial charge on any atom is -0.481 e. The standard InChI is InChI=1S/C14H14ClN3O3/c1-8-6-18(7-11(8)13(19)20)14(21)17-12-4-10(15)3-2-9(12)5-16/h2-4,8,11H,6-7H2,1H3,(H,17,21)(H,19,20)/t8-,11-/m1/s1. The van der Waals surface area contributed by atoms with Crippen LogP contribution in [0.2, 0.25) is 5.02 Å². The minimum absolute atomic E-state index is 0.108. The van der Waals surface area contributed by atoms with Gasteiger partial charge in [0.15, 0.2) is 0 Å². The fraction of sp³-hybridized carbons (Fsp3) is 0.357. The number of urea groups is 1. The number of carboxylic acid groups (broad SMARTS) is 1. The fourth-order valence-corrected chi connectivity index (χ4v) is 2.54. The molecule has 6 nitrogen and oxygen atoms in total. The molecule has 1 fully saturated rings. The lowest BCUT2D eigenvalue weighted by atomic mass is 9.99. The van der Waals surface area contributed by atoms with E-state index in [1.165, 1.54) is 17.0 Å². The Morgan fingerprint density at radius 3 is 2.76 bits per heavy atom. The van der Waals surface area contributed by atoms with Crippen molar-refractivity contribution < 1.29 is 14.7 Å². The van der Waals surface area contributed by atoms with Gasteiger partial charge in [0.25, 0.3) is 0 Å². The Labute approximate surface area is 126 Å². The third-order valence-corrected chi connectivity index (χ3v) is 3.80. The Balaban J connectivity index is 2.11. The first-order valence-corrected chi connectivity index (χ1v) is 6.78. The normalized spacial score (nSPS) is 20.9. The molecular weight excluding hydrogens is 294 g/mol. The van der Waals surface area contributed by atoms with Crippen molar-refractivity contribution in [2.45, 2.75) is 6.92 Å². The van der Waals surface area contributed by atoms with Crippen LogP contribution in [-0.4, -0.2) is 35.1 Å². The van der Waals surface area contributed by atoms with E-state index in [1.54, 1.807) is 13.0 Å². The van der Waals surface area contributed by atoms with Crippen molar-refractivity contribution in [3.8, 4) is 6.07 Å². The van der Waals surface area contributed by atoms with Crippen LogP contribution >= 0.6 is 11.6 Å². The molecule has 0 spiro atoms. The van der Waals surface area contributed by atoms with Gasteiger partial charge in [-0.2, -0.15) is 5.26 Å². The second-order valence-corrected chi connectivity index (χ2v) is 5.50. The predicted molar refractivity (Wildman–Crippen MR) is 77.0 cm³/mol. The van der Waals surface area contributed by atoms with Crippen LogP contribution in [0.15, 0.2) is 18.2 Å². The highest BCUT2D eigenvalue weighted by Crippen LogP contribution is 2.25. The molecule has 1 aliphatic heterocycles. The van der Waals surface area contributed by atoms with E-state index in [0.717, 1.165) is 0 Å². The van der Waals surface area contributed by atoms with E-state index in [9.17, 15) is 9.59 Å². The fourth-order valence-electron chi connectivity index (χ4n) is 2.37. The summed E-state index contributed by atoms with van der Waals surface area (Å²) in [5.41, 5.74) is 0.621. The third kappa shape index (κ3) is 3.26. The summed E-state index contributed by atoms with van der Waals surface area (Å²) >= 11 is 5.85. The van der Waals surface area contributed by atoms with Gasteiger partial charge in [-0.15, -0.1) is 0 Å². The van der Waals surface area contributed by atoms with E-state index >= 15 is 0 Å². The first-order chi connectivity index (χ1) is 9.92. The summed E-state index contributed by atoms with van der Waals surface area (Å²) in [6.07, 6.45) is 0. The molecule has 1 aromatic carbocycles. The minimum atomic E-state index is -0.904. The van der Waals surface area contributed by atoms with E-state index in [-0.39, 0.29) is 12.5 Å². The topological polar surface area (TPSA) is 93.4 Å². The number of nitrogens with one attached hydrogen (secondary N) is 1. The smallest absolute Gasteiger partial charge is 0.321 e. The predicted octanol–water partition coefficient (Wildman–Crippen LogP) is 2.40. The number of rotatable bonds is 2. The van der Waals surface area contributed by atoms with E-state index in [0.29, 0.717) is 22.8 Å². The summed E-state index contributed by atoms with van der Waals surface area (Å²) in [6, 6.07) is 6.12. The van der Waals surface area contributed by atoms with Crippen molar-refractivity contribution in [1.82, 2.24) is 4.90 Å².